The fourth-order valence-corrected chi connectivity index (χ4v) is 5.02. The molecule has 0 bridgehead atoms. The Labute approximate surface area is 222 Å². The molecule has 0 aliphatic carbocycles. The predicted molar refractivity (Wildman–Crippen MR) is 140 cm³/mol. The Bertz CT molecular complexity index is 1280. The summed E-state index contributed by atoms with van der Waals surface area (Å²) in [6.45, 7) is 3.38. The van der Waals surface area contributed by atoms with Crippen molar-refractivity contribution in [3.8, 4) is 0 Å². The first-order valence-electron chi connectivity index (χ1n) is 11.9. The summed E-state index contributed by atoms with van der Waals surface area (Å²) in [6.07, 6.45) is -2.36. The zero-order valence-corrected chi connectivity index (χ0v) is 21.2. The summed E-state index contributed by atoms with van der Waals surface area (Å²) in [6, 6.07) is 24.7. The number of benzene rings is 3. The van der Waals surface area contributed by atoms with E-state index in [9.17, 15) is 18.6 Å². The molecule has 1 fully saturated rings. The smallest absolute Gasteiger partial charge is 0.338 e. The molecule has 0 saturated carbocycles. The van der Waals surface area contributed by atoms with Crippen LogP contribution in [0.25, 0.3) is 0 Å². The number of esters is 3. The molecule has 5 atom stereocenters. The minimum absolute atomic E-state index is 0.0396. The Balaban J connectivity index is 1.68. The Kier molecular flexibility index (Phi) is 9.18. The summed E-state index contributed by atoms with van der Waals surface area (Å²) in [5.41, 5.74) is -0.418. The van der Waals surface area contributed by atoms with Gasteiger partial charge in [0.15, 0.2) is 23.7 Å². The average Bonchev–Trinajstić information content (AvgIpc) is 2.96. The summed E-state index contributed by atoms with van der Waals surface area (Å²) in [7, 11) is -1.70. The topological polar surface area (TPSA) is 105 Å². The zero-order chi connectivity index (χ0) is 26.9. The van der Waals surface area contributed by atoms with Gasteiger partial charge in [0.25, 0.3) is 0 Å². The maximum Gasteiger partial charge on any atom is 0.338 e. The summed E-state index contributed by atoms with van der Waals surface area (Å²) in [4.78, 5) is 39.0. The number of rotatable bonds is 9. The molecule has 38 heavy (non-hydrogen) atoms. The number of carbonyl (C=O) groups is 3. The zero-order valence-electron chi connectivity index (χ0n) is 20.3. The second-order valence-electron chi connectivity index (χ2n) is 8.32. The highest BCUT2D eigenvalue weighted by Crippen LogP contribution is 2.28. The van der Waals surface area contributed by atoms with Crippen LogP contribution in [0.15, 0.2) is 104 Å². The van der Waals surface area contributed by atoms with Gasteiger partial charge in [-0.1, -0.05) is 60.7 Å². The summed E-state index contributed by atoms with van der Waals surface area (Å²) >= 11 is 0. The van der Waals surface area contributed by atoms with E-state index >= 15 is 0 Å². The second kappa shape index (κ2) is 12.9. The number of hydrogen-bond donors (Lipinski definition) is 0. The highest BCUT2D eigenvalue weighted by Gasteiger charge is 2.49. The van der Waals surface area contributed by atoms with Crippen LogP contribution in [0.5, 0.6) is 0 Å². The van der Waals surface area contributed by atoms with Gasteiger partial charge in [-0.2, -0.15) is 0 Å². The van der Waals surface area contributed by atoms with Crippen molar-refractivity contribution in [1.29, 1.82) is 0 Å². The predicted octanol–water partition coefficient (Wildman–Crippen LogP) is 3.95. The van der Waals surface area contributed by atoms with Crippen LogP contribution >= 0.6 is 0 Å². The molecule has 0 aromatic heterocycles. The number of carbonyl (C=O) groups excluding carboxylic acids is 3. The molecule has 0 N–H and O–H groups in total. The van der Waals surface area contributed by atoms with Crippen molar-refractivity contribution in [2.45, 2.75) is 23.7 Å². The fraction of sp³-hybridized carbons (Fsp3) is 0.207. The van der Waals surface area contributed by atoms with Crippen molar-refractivity contribution in [2.75, 3.05) is 12.4 Å². The van der Waals surface area contributed by atoms with Crippen molar-refractivity contribution < 1.29 is 37.5 Å². The SMILES string of the molecule is C=CCS(=O)[C@@H]1OC[C@@H](OC(=O)c2ccccc2)[C@H](OC(=O)c2ccccc2)[C@H]1OC(=O)c1ccccc1. The lowest BCUT2D eigenvalue weighted by Crippen LogP contribution is -2.59. The van der Waals surface area contributed by atoms with Crippen LogP contribution in [-0.4, -0.2) is 58.2 Å². The van der Waals surface area contributed by atoms with E-state index in [1.54, 1.807) is 91.0 Å². The van der Waals surface area contributed by atoms with E-state index in [4.69, 9.17) is 18.9 Å². The van der Waals surface area contributed by atoms with Gasteiger partial charge >= 0.3 is 17.9 Å². The lowest BCUT2D eigenvalue weighted by atomic mass is 10.0. The van der Waals surface area contributed by atoms with Crippen LogP contribution in [0.1, 0.15) is 31.1 Å². The van der Waals surface area contributed by atoms with Crippen LogP contribution < -0.4 is 0 Å². The first-order chi connectivity index (χ1) is 18.5. The molecule has 196 valence electrons. The Morgan fingerprint density at radius 3 is 1.61 bits per heavy atom. The molecular weight excluding hydrogens is 508 g/mol. The molecule has 0 amide bonds. The Hall–Kier alpha value is -4.08. The minimum atomic E-state index is -1.70. The van der Waals surface area contributed by atoms with Crippen molar-refractivity contribution in [1.82, 2.24) is 0 Å². The van der Waals surface area contributed by atoms with Gasteiger partial charge in [0.05, 0.1) is 34.1 Å². The van der Waals surface area contributed by atoms with Gasteiger partial charge in [0, 0.05) is 5.75 Å². The molecule has 1 heterocycles. The molecule has 1 aliphatic heterocycles. The largest absolute Gasteiger partial charge is 0.452 e. The molecule has 1 saturated heterocycles. The molecule has 3 aromatic carbocycles. The fourth-order valence-electron chi connectivity index (χ4n) is 3.86. The van der Waals surface area contributed by atoms with Crippen LogP contribution in [0.2, 0.25) is 0 Å². The summed E-state index contributed by atoms with van der Waals surface area (Å²) in [5, 5.41) is 0. The van der Waals surface area contributed by atoms with Gasteiger partial charge in [-0.15, -0.1) is 6.58 Å². The highest BCUT2D eigenvalue weighted by molar-refractivity contribution is 7.85. The third kappa shape index (κ3) is 6.62. The van der Waals surface area contributed by atoms with Crippen LogP contribution in [-0.2, 0) is 29.7 Å². The molecule has 8 nitrogen and oxygen atoms in total. The summed E-state index contributed by atoms with van der Waals surface area (Å²) in [5.74, 6) is -2.11. The Morgan fingerprint density at radius 2 is 1.16 bits per heavy atom. The van der Waals surface area contributed by atoms with Crippen LogP contribution in [0.3, 0.4) is 0 Å². The van der Waals surface area contributed by atoms with E-state index in [2.05, 4.69) is 6.58 Å². The third-order valence-electron chi connectivity index (χ3n) is 5.70. The van der Waals surface area contributed by atoms with Crippen LogP contribution in [0.4, 0.5) is 0 Å². The molecule has 9 heteroatoms. The molecule has 4 rings (SSSR count). The van der Waals surface area contributed by atoms with E-state index in [-0.39, 0.29) is 29.1 Å². The van der Waals surface area contributed by atoms with E-state index in [1.807, 2.05) is 0 Å². The van der Waals surface area contributed by atoms with Gasteiger partial charge in [-0.3, -0.25) is 4.21 Å². The molecule has 0 radical (unpaired) electrons. The Morgan fingerprint density at radius 1 is 0.737 bits per heavy atom. The maximum atomic E-state index is 13.1. The van der Waals surface area contributed by atoms with Gasteiger partial charge < -0.3 is 18.9 Å². The van der Waals surface area contributed by atoms with Crippen LogP contribution in [0, 0.1) is 0 Å². The van der Waals surface area contributed by atoms with Gasteiger partial charge in [0.1, 0.15) is 0 Å². The van der Waals surface area contributed by atoms with Gasteiger partial charge in [0.2, 0.25) is 0 Å². The lowest BCUT2D eigenvalue weighted by Gasteiger charge is -2.40. The first-order valence-corrected chi connectivity index (χ1v) is 13.2. The van der Waals surface area contributed by atoms with E-state index in [0.717, 1.165) is 0 Å². The second-order valence-corrected chi connectivity index (χ2v) is 9.88. The normalized spacial score (nSPS) is 21.5. The molecular formula is C29H26O8S. The van der Waals surface area contributed by atoms with E-state index in [1.165, 1.54) is 6.08 Å². The van der Waals surface area contributed by atoms with Crippen molar-refractivity contribution in [2.24, 2.45) is 0 Å². The average molecular weight is 535 g/mol. The molecule has 3 aromatic rings. The number of hydrogen-bond acceptors (Lipinski definition) is 8. The molecule has 1 aliphatic rings. The van der Waals surface area contributed by atoms with E-state index in [0.29, 0.717) is 0 Å². The standard InChI is InChI=1S/C29H26O8S/c1-2-18-38(33)29-25(37-28(32)22-16-10-5-11-17-22)24(36-27(31)21-14-8-4-9-15-21)23(19-34-29)35-26(30)20-12-6-3-7-13-20/h2-17,23-25,29H,1,18-19H2/t23-,24+,25-,29+,38?/m1/s1. The molecule has 1 unspecified atom stereocenters. The first kappa shape index (κ1) is 27.0. The molecule has 0 spiro atoms. The summed E-state index contributed by atoms with van der Waals surface area (Å²) < 4.78 is 36.1. The minimum Gasteiger partial charge on any atom is -0.452 e. The van der Waals surface area contributed by atoms with Gasteiger partial charge in [-0.05, 0) is 36.4 Å². The third-order valence-corrected chi connectivity index (χ3v) is 7.18. The highest BCUT2D eigenvalue weighted by atomic mass is 32.2. The van der Waals surface area contributed by atoms with Gasteiger partial charge in [-0.25, -0.2) is 14.4 Å². The quantitative estimate of drug-likeness (QED) is 0.231. The van der Waals surface area contributed by atoms with E-state index < -0.39 is 52.5 Å². The number of ether oxygens (including phenoxy) is 4. The monoisotopic (exact) mass is 534 g/mol. The van der Waals surface area contributed by atoms with Crippen molar-refractivity contribution >= 4 is 28.7 Å². The maximum absolute atomic E-state index is 13.1. The van der Waals surface area contributed by atoms with Crippen molar-refractivity contribution in [3.63, 3.8) is 0 Å². The lowest BCUT2D eigenvalue weighted by molar-refractivity contribution is -0.168. The van der Waals surface area contributed by atoms with Crippen molar-refractivity contribution in [3.05, 3.63) is 120 Å².